The monoisotopic (exact) mass is 428 g/mol. The first-order valence-corrected chi connectivity index (χ1v) is 10.0. The van der Waals surface area contributed by atoms with Gasteiger partial charge in [0.1, 0.15) is 5.75 Å². The summed E-state index contributed by atoms with van der Waals surface area (Å²) in [6, 6.07) is 15.6. The average molecular weight is 429 g/mol. The van der Waals surface area contributed by atoms with Crippen molar-refractivity contribution in [2.24, 2.45) is 0 Å². The summed E-state index contributed by atoms with van der Waals surface area (Å²) in [5.74, 6) is 0.871. The fourth-order valence-electron chi connectivity index (χ4n) is 3.18. The lowest BCUT2D eigenvalue weighted by Crippen LogP contribution is -2.35. The third-order valence-corrected chi connectivity index (χ3v) is 5.29. The zero-order valence-electron chi connectivity index (χ0n) is 15.6. The second kappa shape index (κ2) is 9.72. The maximum atomic E-state index is 12.7. The third-order valence-electron chi connectivity index (χ3n) is 4.76. The van der Waals surface area contributed by atoms with E-state index in [4.69, 9.17) is 4.74 Å². The van der Waals surface area contributed by atoms with Crippen molar-refractivity contribution in [3.63, 3.8) is 0 Å². The van der Waals surface area contributed by atoms with Gasteiger partial charge in [0.15, 0.2) is 0 Å². The molecule has 1 aliphatic rings. The molecule has 0 saturated carbocycles. The lowest BCUT2D eigenvalue weighted by molar-refractivity contribution is 0.0762. The molecule has 1 amide bonds. The minimum absolute atomic E-state index is 0.102. The first-order valence-electron chi connectivity index (χ1n) is 9.23. The topological polar surface area (TPSA) is 32.8 Å². The van der Waals surface area contributed by atoms with Crippen LogP contribution in [0.4, 0.5) is 0 Å². The van der Waals surface area contributed by atoms with Gasteiger partial charge in [0.05, 0.1) is 7.11 Å². The summed E-state index contributed by atoms with van der Waals surface area (Å²) in [5, 5.41) is 0. The van der Waals surface area contributed by atoms with Crippen LogP contribution in [0.5, 0.6) is 5.75 Å². The number of carbonyl (C=O) groups excluding carboxylic acids is 1. The summed E-state index contributed by atoms with van der Waals surface area (Å²) in [7, 11) is 1.63. The molecule has 1 saturated heterocycles. The maximum absolute atomic E-state index is 12.7. The number of hydrogen-bond donors (Lipinski definition) is 0. The highest BCUT2D eigenvalue weighted by molar-refractivity contribution is 9.10. The molecule has 1 aliphatic heterocycles. The van der Waals surface area contributed by atoms with Crippen molar-refractivity contribution < 1.29 is 9.53 Å². The molecule has 0 atom stereocenters. The Morgan fingerprint density at radius 3 is 2.48 bits per heavy atom. The van der Waals surface area contributed by atoms with E-state index in [0.717, 1.165) is 54.9 Å². The molecular formula is C22H25BrN2O2. The maximum Gasteiger partial charge on any atom is 0.253 e. The first kappa shape index (κ1) is 19.6. The third kappa shape index (κ3) is 5.68. The normalized spacial score (nSPS) is 15.7. The largest absolute Gasteiger partial charge is 0.497 e. The lowest BCUT2D eigenvalue weighted by Gasteiger charge is -2.21. The molecule has 0 N–H and O–H groups in total. The Labute approximate surface area is 169 Å². The van der Waals surface area contributed by atoms with Crippen LogP contribution in [-0.2, 0) is 0 Å². The van der Waals surface area contributed by atoms with Crippen LogP contribution < -0.4 is 4.74 Å². The molecule has 2 aromatic rings. The number of amides is 1. The molecule has 2 aromatic carbocycles. The second-order valence-corrected chi connectivity index (χ2v) is 7.54. The molecule has 0 radical (unpaired) electrons. The summed E-state index contributed by atoms with van der Waals surface area (Å²) >= 11 is 3.46. The molecule has 3 rings (SSSR count). The number of rotatable bonds is 5. The number of nitrogens with zero attached hydrogens (tertiary/aromatic N) is 2. The van der Waals surface area contributed by atoms with E-state index in [0.29, 0.717) is 0 Å². The molecule has 0 bridgehead atoms. The minimum Gasteiger partial charge on any atom is -0.497 e. The molecule has 5 heteroatoms. The molecule has 4 nitrogen and oxygen atoms in total. The van der Waals surface area contributed by atoms with Gasteiger partial charge in [0.2, 0.25) is 0 Å². The van der Waals surface area contributed by atoms with Gasteiger partial charge in [-0.25, -0.2) is 0 Å². The van der Waals surface area contributed by atoms with Crippen molar-refractivity contribution in [1.29, 1.82) is 0 Å². The van der Waals surface area contributed by atoms with Gasteiger partial charge in [-0.15, -0.1) is 0 Å². The number of benzene rings is 2. The van der Waals surface area contributed by atoms with Crippen molar-refractivity contribution in [2.45, 2.75) is 6.42 Å². The Bertz CT molecular complexity index is 772. The van der Waals surface area contributed by atoms with Gasteiger partial charge in [-0.2, -0.15) is 0 Å². The van der Waals surface area contributed by atoms with E-state index in [1.165, 1.54) is 5.56 Å². The van der Waals surface area contributed by atoms with Crippen molar-refractivity contribution >= 4 is 27.9 Å². The zero-order valence-corrected chi connectivity index (χ0v) is 17.2. The summed E-state index contributed by atoms with van der Waals surface area (Å²) in [6.07, 6.45) is 5.34. The number of halogens is 1. The fraction of sp³-hybridized carbons (Fsp3) is 0.318. The van der Waals surface area contributed by atoms with Crippen molar-refractivity contribution in [3.8, 4) is 5.75 Å². The van der Waals surface area contributed by atoms with Crippen LogP contribution in [-0.4, -0.2) is 55.5 Å². The van der Waals surface area contributed by atoms with E-state index in [1.54, 1.807) is 7.11 Å². The van der Waals surface area contributed by atoms with E-state index in [9.17, 15) is 4.79 Å². The van der Waals surface area contributed by atoms with Gasteiger partial charge in [-0.3, -0.25) is 9.69 Å². The molecule has 0 aliphatic carbocycles. The summed E-state index contributed by atoms with van der Waals surface area (Å²) in [4.78, 5) is 17.1. The molecular weight excluding hydrogens is 404 g/mol. The zero-order chi connectivity index (χ0) is 19.1. The van der Waals surface area contributed by atoms with Crippen LogP contribution in [0.15, 0.2) is 59.1 Å². The van der Waals surface area contributed by atoms with Gasteiger partial charge in [0, 0.05) is 42.8 Å². The standard InChI is InChI=1S/C22H25BrN2O2/c1-27-21-11-7-19(8-12-21)22(26)25-15-3-14-24(16-17-25)13-2-4-18-5-9-20(23)10-6-18/h2,4-12H,3,13-17H2,1H3/b4-2+. The molecule has 0 spiro atoms. The van der Waals surface area contributed by atoms with Crippen LogP contribution in [0.3, 0.4) is 0 Å². The van der Waals surface area contributed by atoms with Gasteiger partial charge < -0.3 is 9.64 Å². The Balaban J connectivity index is 1.52. The quantitative estimate of drug-likeness (QED) is 0.710. The van der Waals surface area contributed by atoms with Crippen LogP contribution in [0.1, 0.15) is 22.3 Å². The van der Waals surface area contributed by atoms with Crippen molar-refractivity contribution in [1.82, 2.24) is 9.80 Å². The van der Waals surface area contributed by atoms with Crippen molar-refractivity contribution in [3.05, 3.63) is 70.2 Å². The summed E-state index contributed by atoms with van der Waals surface area (Å²) in [5.41, 5.74) is 1.92. The van der Waals surface area contributed by atoms with Gasteiger partial charge >= 0.3 is 0 Å². The molecule has 142 valence electrons. The van der Waals surface area contributed by atoms with Crippen LogP contribution in [0.2, 0.25) is 0 Å². The number of ether oxygens (including phenoxy) is 1. The number of hydrogen-bond acceptors (Lipinski definition) is 3. The lowest BCUT2D eigenvalue weighted by atomic mass is 10.2. The van der Waals surface area contributed by atoms with Gasteiger partial charge in [-0.05, 0) is 48.4 Å². The molecule has 1 heterocycles. The van der Waals surface area contributed by atoms with Crippen LogP contribution in [0, 0.1) is 0 Å². The smallest absolute Gasteiger partial charge is 0.253 e. The van der Waals surface area contributed by atoms with E-state index in [-0.39, 0.29) is 5.91 Å². The highest BCUT2D eigenvalue weighted by Crippen LogP contribution is 2.15. The number of carbonyl (C=O) groups is 1. The van der Waals surface area contributed by atoms with Crippen molar-refractivity contribution in [2.75, 3.05) is 39.8 Å². The Morgan fingerprint density at radius 1 is 1.04 bits per heavy atom. The Morgan fingerprint density at radius 2 is 1.78 bits per heavy atom. The first-order chi connectivity index (χ1) is 13.2. The predicted molar refractivity (Wildman–Crippen MR) is 113 cm³/mol. The van der Waals surface area contributed by atoms with E-state index >= 15 is 0 Å². The summed E-state index contributed by atoms with van der Waals surface area (Å²) in [6.45, 7) is 4.37. The van der Waals surface area contributed by atoms with Gasteiger partial charge in [-0.1, -0.05) is 40.2 Å². The molecule has 0 aromatic heterocycles. The van der Waals surface area contributed by atoms with Crippen LogP contribution >= 0.6 is 15.9 Å². The Kier molecular flexibility index (Phi) is 7.07. The highest BCUT2D eigenvalue weighted by Gasteiger charge is 2.19. The highest BCUT2D eigenvalue weighted by atomic mass is 79.9. The summed E-state index contributed by atoms with van der Waals surface area (Å²) < 4.78 is 6.25. The molecule has 0 unspecified atom stereocenters. The van der Waals surface area contributed by atoms with Crippen LogP contribution in [0.25, 0.3) is 6.08 Å². The van der Waals surface area contributed by atoms with E-state index in [1.807, 2.05) is 41.3 Å². The van der Waals surface area contributed by atoms with E-state index < -0.39 is 0 Å². The second-order valence-electron chi connectivity index (χ2n) is 6.63. The van der Waals surface area contributed by atoms with E-state index in [2.05, 4.69) is 45.1 Å². The molecule has 27 heavy (non-hydrogen) atoms. The minimum atomic E-state index is 0.102. The fourth-order valence-corrected chi connectivity index (χ4v) is 3.45. The average Bonchev–Trinajstić information content (AvgIpc) is 2.95. The van der Waals surface area contributed by atoms with Gasteiger partial charge in [0.25, 0.3) is 5.91 Å². The SMILES string of the molecule is COc1ccc(C(=O)N2CCCN(C/C=C/c3ccc(Br)cc3)CC2)cc1. The number of methoxy groups -OCH3 is 1. The predicted octanol–water partition coefficient (Wildman–Crippen LogP) is 4.32. The Hall–Kier alpha value is -2.11. The molecule has 1 fully saturated rings.